The van der Waals surface area contributed by atoms with Crippen LogP contribution >= 0.6 is 76.1 Å². The zero-order chi connectivity index (χ0) is 84.5. The fourth-order valence-electron chi connectivity index (χ4n) is 15.3. The summed E-state index contributed by atoms with van der Waals surface area (Å²) >= 11 is 9.23. The normalized spacial score (nSPS) is 11.0. The molecule has 0 amide bonds. The van der Waals surface area contributed by atoms with E-state index in [1.807, 2.05) is 86.6 Å². The molecule has 2 aliphatic rings. The van der Waals surface area contributed by atoms with Crippen LogP contribution in [-0.2, 0) is 19.3 Å². The van der Waals surface area contributed by atoms with Gasteiger partial charge in [-0.1, -0.05) is 336 Å². The number of Topliss-reactive ketones (excluding diaryl/α,β-unsaturated/α-hetero) is 1. The van der Waals surface area contributed by atoms with Crippen LogP contribution in [0.1, 0.15) is 79.9 Å². The van der Waals surface area contributed by atoms with Crippen LogP contribution in [0.2, 0.25) is 0 Å². The number of nitrogens with one attached hydrogen (secondary N) is 3. The van der Waals surface area contributed by atoms with Crippen LogP contribution in [0.4, 0.5) is 10.1 Å². The van der Waals surface area contributed by atoms with E-state index in [0.29, 0.717) is 5.78 Å². The molecule has 0 aliphatic heterocycles. The standard InChI is InChI=1S/C22H14BrN.C22H15N.C16H13N.C16H11N.C10H10O.C6H5I.C6H8N2.C2H6O.C2H6.CH3F.2CH4.BHNS.2ClH.H2/c23-20-14-19-17-11-6-7-13-21(17)24(15-8-2-1-3-9-15)22(19)18-12-5-4-10-16(18)20;1-2-9-17(10-3-1)23-21-13-7-6-12-19(21)20-15-14-16-8-4-5-11-18(16)22(20)23;2*1-2-6-12-11(5-1)9-10-14-13-7-3-4-8-15(13)17-16(12)14;11-10-7-3-5-8-4-1-2-6-9(8)10;7-6-4-2-1-3-5-6;7-8-6-4-2-1-3-5-6;1-2-3;2*1-2;;;1-2-3;;;/h1-14H;1-15H;1-8,17H,9-10H2;1-10,17H;1-2,4,6H,3,5,7H2;1-5H;1-5,8H,7H2;3H,2H2,1H3;1-2H3;1H3;2*1H4;3H;3*1H/i;;;;;;;;;1D;;;;;;1+1D. The van der Waals surface area contributed by atoms with Gasteiger partial charge in [0.15, 0.2) is 5.78 Å². The van der Waals surface area contributed by atoms with Gasteiger partial charge in [0, 0.05) is 123 Å². The molecule has 16 aromatic carbocycles. The van der Waals surface area contributed by atoms with Gasteiger partial charge in [0.25, 0.3) is 0 Å². The Kier molecular flexibility index (Phi) is 36.5. The number of hydrazine groups is 1. The summed E-state index contributed by atoms with van der Waals surface area (Å²) in [5.74, 6) is 5.41. The van der Waals surface area contributed by atoms with Crippen molar-refractivity contribution in [3.05, 3.63) is 400 Å². The van der Waals surface area contributed by atoms with E-state index in [2.05, 4.69) is 385 Å². The summed E-state index contributed by atoms with van der Waals surface area (Å²) < 4.78 is 35.4. The van der Waals surface area contributed by atoms with Gasteiger partial charge in [0.1, 0.15) is 0 Å². The Bertz CT molecular complexity index is 6690. The van der Waals surface area contributed by atoms with Gasteiger partial charge in [-0.2, -0.15) is 0 Å². The van der Waals surface area contributed by atoms with Gasteiger partial charge < -0.3 is 29.6 Å². The number of para-hydroxylation sites is 7. The molecule has 121 heavy (non-hydrogen) atoms. The topological polar surface area (TPSA) is 129 Å². The Balaban J connectivity index is 0.000000199. The number of nitrogens with two attached hydrogens (primary N) is 1. The number of H-pyrrole nitrogens is 2. The predicted octanol–water partition coefficient (Wildman–Crippen LogP) is 30.7. The van der Waals surface area contributed by atoms with Crippen molar-refractivity contribution in [2.75, 3.05) is 19.2 Å². The van der Waals surface area contributed by atoms with E-state index in [4.69, 9.17) is 15.3 Å². The summed E-state index contributed by atoms with van der Waals surface area (Å²) in [7, 11) is 3.34. The number of anilines is 1. The Morgan fingerprint density at radius 2 is 0.876 bits per heavy atom. The largest absolute Gasteiger partial charge is 0.354 e. The number of aryl methyl sites for hydroxylation is 3. The fraction of sp³-hybridized carbons (Fsp3) is 0.114. The molecule has 9 nitrogen and oxygen atoms in total. The van der Waals surface area contributed by atoms with E-state index in [1.54, 1.807) is 6.92 Å². The van der Waals surface area contributed by atoms with Gasteiger partial charge in [-0.05, 0) is 167 Å². The number of rotatable bonds is 3. The number of nitrogen functional groups attached to an aromatic ring is 1. The minimum Gasteiger partial charge on any atom is -0.354 e. The molecule has 1 radical (unpaired) electrons. The van der Waals surface area contributed by atoms with Crippen LogP contribution in [0.15, 0.2) is 379 Å². The number of thiol groups is 1. The minimum absolute atomic E-state index is 0. The Morgan fingerprint density at radius 1 is 0.488 bits per heavy atom. The zero-order valence-electron chi connectivity index (χ0n) is 69.4. The van der Waals surface area contributed by atoms with Crippen LogP contribution in [0.25, 0.3) is 131 Å². The van der Waals surface area contributed by atoms with E-state index in [-0.39, 0.29) is 46.3 Å². The minimum atomic E-state index is -1.00. The van der Waals surface area contributed by atoms with Crippen molar-refractivity contribution in [3.8, 4) is 22.6 Å². The maximum absolute atomic E-state index is 11.3. The van der Waals surface area contributed by atoms with Gasteiger partial charge in [0.05, 0.1) is 36.1 Å². The van der Waals surface area contributed by atoms with Crippen LogP contribution in [0, 0.1) is 3.57 Å². The third-order valence-electron chi connectivity index (χ3n) is 20.2. The average molecular weight is 1840 g/mol. The Morgan fingerprint density at radius 3 is 1.40 bits per heavy atom. The molecular weight excluding hydrogens is 1730 g/mol. The van der Waals surface area contributed by atoms with E-state index >= 15 is 0 Å². The SMILES string of the molecule is Brc1cc2c3ccccc3n(-c3ccccc3)c2c2ccccc12.C.C.CC.CCO.Cl.Cl.Ic1ccccc1.NNc1ccccc1.O=C1CCCc2ccccc21.[2H]CF.[2H][2H].[B]=NS.c1ccc(-n2c3ccccc3c3ccc4ccccc4c32)cc1.c1ccc2c(c1)CCc1c-2[nH]c2ccccc12.c1ccc2c(c1)ccc1c3ccccc3[nH]c21. The first-order valence-electron chi connectivity index (χ1n) is 40.8. The summed E-state index contributed by atoms with van der Waals surface area (Å²) in [6, 6.07) is 129. The molecule has 0 spiro atoms. The second kappa shape index (κ2) is 48.1. The number of hydrogen-bond acceptors (Lipinski definition) is 6. The van der Waals surface area contributed by atoms with Crippen LogP contribution in [0.3, 0.4) is 0 Å². The predicted molar refractivity (Wildman–Crippen MR) is 544 cm³/mol. The first-order valence-corrected chi connectivity index (χ1v) is 41.4. The number of aromatic nitrogens is 4. The quantitative estimate of drug-likeness (QED) is 0.0346. The first kappa shape index (κ1) is 91.9. The van der Waals surface area contributed by atoms with Crippen molar-refractivity contribution < 1.29 is 18.6 Å². The van der Waals surface area contributed by atoms with Crippen LogP contribution in [-0.4, -0.2) is 51.4 Å². The molecule has 22 rings (SSSR count). The monoisotopic (exact) mass is 1840 g/mol. The number of nitrogens with zero attached hydrogens (tertiary/aromatic N) is 3. The molecule has 0 saturated carbocycles. The zero-order valence-corrected chi connectivity index (χ0v) is 72.7. The van der Waals surface area contributed by atoms with Crippen molar-refractivity contribution in [1.29, 1.82) is 0 Å². The Hall–Kier alpha value is -11.4. The van der Waals surface area contributed by atoms with Gasteiger partial charge in [0.2, 0.25) is 0 Å². The second-order valence-electron chi connectivity index (χ2n) is 27.1. The van der Waals surface area contributed by atoms with E-state index in [1.165, 1.54) is 152 Å². The summed E-state index contributed by atoms with van der Waals surface area (Å²) in [5, 5.41) is 24.4. The number of alkyl halides is 1. The number of ketones is 1. The molecule has 0 bridgehead atoms. The molecule has 0 atom stereocenters. The van der Waals surface area contributed by atoms with Gasteiger partial charge >= 0.3 is 24.8 Å². The molecule has 0 saturated heterocycles. The summed E-state index contributed by atoms with van der Waals surface area (Å²) in [6.07, 6.45) is 5.14. The molecule has 0 fully saturated rings. The maximum atomic E-state index is 11.3. The molecule has 20 aromatic rings. The van der Waals surface area contributed by atoms with Crippen molar-refractivity contribution >= 4 is 204 Å². The van der Waals surface area contributed by atoms with Crippen molar-refractivity contribution in [3.63, 3.8) is 0 Å². The summed E-state index contributed by atoms with van der Waals surface area (Å²) in [5.41, 5.74) is 22.4. The molecule has 4 heterocycles. The van der Waals surface area contributed by atoms with Gasteiger partial charge in [-0.25, -0.2) is 0 Å². The first-order chi connectivity index (χ1) is 59.1. The average Bonchev–Trinajstić information content (AvgIpc) is 1.58. The smallest absolute Gasteiger partial charge is 0.0619 e. The number of fused-ring (bicyclic) bond motifs is 21. The van der Waals surface area contributed by atoms with E-state index in [9.17, 15) is 9.18 Å². The molecule has 4 aromatic heterocycles. The third kappa shape index (κ3) is 22.4. The number of carbonyl (C=O) groups is 1. The number of carbonyl (C=O) groups excluding carboxylic acids is 1. The van der Waals surface area contributed by atoms with Crippen LogP contribution in [0.5, 0.6) is 0 Å². The van der Waals surface area contributed by atoms with Crippen molar-refractivity contribution in [1.82, 2.24) is 19.1 Å². The summed E-state index contributed by atoms with van der Waals surface area (Å²) in [6.45, 7) is 5.93. The number of aliphatic hydroxyl groups excluding tert-OH is 1. The number of aromatic amines is 2. The molecular formula is C105H104BBrCl2FIN7O2S. The van der Waals surface area contributed by atoms with Crippen molar-refractivity contribution in [2.45, 2.75) is 67.7 Å². The van der Waals surface area contributed by atoms with Gasteiger partial charge in [-0.15, -0.1) is 24.8 Å². The number of benzene rings is 16. The second-order valence-corrected chi connectivity index (χ2v) is 29.4. The number of hydrogen-bond donors (Lipinski definition) is 6. The molecule has 615 valence electrons. The molecule has 6 N–H and O–H groups in total. The Labute approximate surface area is 755 Å². The number of aliphatic hydroxyl groups is 1. The molecule has 0 unspecified atom stereocenters. The number of halogens is 5. The maximum Gasteiger partial charge on any atom is 0.0619 e. The van der Waals surface area contributed by atoms with Gasteiger partial charge in [-0.3, -0.25) is 15.0 Å². The van der Waals surface area contributed by atoms with E-state index < -0.39 is 7.15 Å². The van der Waals surface area contributed by atoms with E-state index in [0.717, 1.165) is 47.8 Å². The van der Waals surface area contributed by atoms with Crippen molar-refractivity contribution in [2.24, 2.45) is 10.1 Å². The van der Waals surface area contributed by atoms with Crippen LogP contribution < -0.4 is 11.3 Å². The summed E-state index contributed by atoms with van der Waals surface area (Å²) in [4.78, 5) is 18.4. The fourth-order valence-corrected chi connectivity index (χ4v) is 16.2. The molecule has 2 aliphatic carbocycles. The molecule has 16 heteroatoms. The third-order valence-corrected chi connectivity index (χ3v) is 21.6.